The molecule has 7 rings (SSSR count). The van der Waals surface area contributed by atoms with Gasteiger partial charge < -0.3 is 30.1 Å². The molecule has 0 radical (unpaired) electrons. The van der Waals surface area contributed by atoms with Crippen molar-refractivity contribution in [3.63, 3.8) is 0 Å². The molecule has 6 aromatic carbocycles. The van der Waals surface area contributed by atoms with Crippen LogP contribution in [0.2, 0.25) is 0 Å². The summed E-state index contributed by atoms with van der Waals surface area (Å²) in [6.45, 7) is 0.569. The Bertz CT molecular complexity index is 2380. The Labute approximate surface area is 360 Å². The number of carboxylic acid groups (broad SMARTS) is 1. The van der Waals surface area contributed by atoms with Crippen LogP contribution < -0.4 is 20.3 Å². The van der Waals surface area contributed by atoms with Crippen molar-refractivity contribution in [2.75, 3.05) is 25.2 Å². The van der Waals surface area contributed by atoms with Crippen molar-refractivity contribution in [1.82, 2.24) is 10.6 Å². The molecule has 0 aromatic heterocycles. The monoisotopic (exact) mass is 832 g/mol. The lowest BCUT2D eigenvalue weighted by Crippen LogP contribution is -2.52. The van der Waals surface area contributed by atoms with E-state index in [0.717, 1.165) is 44.8 Å². The highest BCUT2D eigenvalue weighted by molar-refractivity contribution is 5.89. The van der Waals surface area contributed by atoms with Crippen molar-refractivity contribution in [3.05, 3.63) is 196 Å². The van der Waals surface area contributed by atoms with Crippen LogP contribution in [0.1, 0.15) is 59.0 Å². The average molecular weight is 833 g/mol. The summed E-state index contributed by atoms with van der Waals surface area (Å²) >= 11 is 0. The van der Waals surface area contributed by atoms with E-state index in [0.29, 0.717) is 24.9 Å². The number of nitrogens with zero attached hydrogens (tertiary/aromatic N) is 2. The Kier molecular flexibility index (Phi) is 13.9. The number of ether oxygens (including phenoxy) is 2. The molecule has 1 aliphatic carbocycles. The topological polar surface area (TPSA) is 160 Å². The fourth-order valence-electron chi connectivity index (χ4n) is 8.15. The Morgan fingerprint density at radius 3 is 1.82 bits per heavy atom. The number of hydrogen-bond donors (Lipinski definition) is 3. The first-order valence-electron chi connectivity index (χ1n) is 20.6. The van der Waals surface area contributed by atoms with Gasteiger partial charge >= 0.3 is 12.1 Å². The van der Waals surface area contributed by atoms with Crippen molar-refractivity contribution >= 4 is 29.3 Å². The second kappa shape index (κ2) is 20.2. The summed E-state index contributed by atoms with van der Waals surface area (Å²) in [5, 5.41) is 27.0. The van der Waals surface area contributed by atoms with Crippen LogP contribution in [-0.4, -0.2) is 60.3 Å². The van der Waals surface area contributed by atoms with Gasteiger partial charge in [0, 0.05) is 36.7 Å². The lowest BCUT2D eigenvalue weighted by Gasteiger charge is -2.35. The molecule has 0 spiro atoms. The molecule has 0 heterocycles. The molecule has 0 unspecified atom stereocenters. The van der Waals surface area contributed by atoms with Crippen LogP contribution in [0.15, 0.2) is 158 Å². The molecule has 0 fully saturated rings. The number of nitro groups is 1. The molecule has 0 bridgehead atoms. The summed E-state index contributed by atoms with van der Waals surface area (Å²) in [4.78, 5) is 53.2. The molecule has 0 aliphatic heterocycles. The van der Waals surface area contributed by atoms with Gasteiger partial charge in [-0.05, 0) is 82.5 Å². The van der Waals surface area contributed by atoms with E-state index in [2.05, 4.69) is 39.8 Å². The maximum absolute atomic E-state index is 14.0. The highest BCUT2D eigenvalue weighted by Crippen LogP contribution is 2.44. The third-order valence-electron chi connectivity index (χ3n) is 11.2. The molecule has 1 aliphatic rings. The van der Waals surface area contributed by atoms with Crippen molar-refractivity contribution in [2.45, 2.75) is 49.7 Å². The standard InChI is InChI=1S/C50H48N4O8/c1-61-39-29-27-37(28-30-39)53(47(35-14-4-2-5-15-35)36-16-6-3-7-17-36)31-13-12-22-45(49(56)57)51-48(55)46(32-34-23-25-38(26-24-34)54(59)60)52-50(58)62-33-44-42-20-10-8-18-40(42)41-19-9-11-21-43(41)44/h2-11,14-21,23-30,44-47H,12-13,22,31-33H2,1H3,(H,51,55)(H,52,58)(H,56,57)/t45-,46-/m0/s1. The quantitative estimate of drug-likeness (QED) is 0.0411. The number of unbranched alkanes of at least 4 members (excludes halogenated alkanes) is 1. The first kappa shape index (κ1) is 42.6. The first-order chi connectivity index (χ1) is 30.2. The van der Waals surface area contributed by atoms with Gasteiger partial charge in [0.15, 0.2) is 0 Å². The van der Waals surface area contributed by atoms with Crippen LogP contribution in [0.25, 0.3) is 11.1 Å². The zero-order valence-electron chi connectivity index (χ0n) is 34.3. The number of methoxy groups -OCH3 is 1. The summed E-state index contributed by atoms with van der Waals surface area (Å²) in [5.41, 5.74) is 7.70. The normalized spacial score (nSPS) is 12.7. The molecule has 2 atom stereocenters. The minimum atomic E-state index is -1.26. The molecule has 12 nitrogen and oxygen atoms in total. The molecule has 3 N–H and O–H groups in total. The van der Waals surface area contributed by atoms with Gasteiger partial charge in [-0.2, -0.15) is 0 Å². The first-order valence-corrected chi connectivity index (χ1v) is 20.6. The van der Waals surface area contributed by atoms with Gasteiger partial charge in [-0.25, -0.2) is 9.59 Å². The SMILES string of the molecule is COc1ccc(N(CCCC[C@H](NC(=O)[C@H](Cc2ccc([N+](=O)[O-])cc2)NC(=O)OCC2c3ccccc3-c3ccccc32)C(=O)O)C(c2ccccc2)c2ccccc2)cc1. The number of amides is 2. The van der Waals surface area contributed by atoms with Gasteiger partial charge in [-0.15, -0.1) is 0 Å². The molecule has 6 aromatic rings. The number of aliphatic carboxylic acids is 1. The molecule has 0 saturated heterocycles. The van der Waals surface area contributed by atoms with Crippen molar-refractivity contribution < 1.29 is 33.9 Å². The number of carbonyl (C=O) groups is 3. The second-order valence-corrected chi connectivity index (χ2v) is 15.2. The highest BCUT2D eigenvalue weighted by Gasteiger charge is 2.31. The van der Waals surface area contributed by atoms with E-state index >= 15 is 0 Å². The number of nitro benzene ring substituents is 1. The van der Waals surface area contributed by atoms with Gasteiger partial charge in [-0.3, -0.25) is 14.9 Å². The second-order valence-electron chi connectivity index (χ2n) is 15.2. The lowest BCUT2D eigenvalue weighted by molar-refractivity contribution is -0.384. The smallest absolute Gasteiger partial charge is 0.407 e. The summed E-state index contributed by atoms with van der Waals surface area (Å²) in [6.07, 6.45) is 0.232. The minimum Gasteiger partial charge on any atom is -0.497 e. The van der Waals surface area contributed by atoms with E-state index in [1.165, 1.54) is 24.3 Å². The number of hydrogen-bond acceptors (Lipinski definition) is 8. The maximum Gasteiger partial charge on any atom is 0.407 e. The molecular formula is C50H48N4O8. The van der Waals surface area contributed by atoms with Crippen LogP contribution in [0.5, 0.6) is 5.75 Å². The fraction of sp³-hybridized carbons (Fsp3) is 0.220. The Balaban J connectivity index is 1.04. The molecular weight excluding hydrogens is 785 g/mol. The molecule has 0 saturated carbocycles. The average Bonchev–Trinajstić information content (AvgIpc) is 3.62. The summed E-state index contributed by atoms with van der Waals surface area (Å²) < 4.78 is 11.2. The third kappa shape index (κ3) is 10.3. The van der Waals surface area contributed by atoms with Gasteiger partial charge in [0.1, 0.15) is 24.4 Å². The Hall–Kier alpha value is -7.47. The molecule has 2 amide bonds. The third-order valence-corrected chi connectivity index (χ3v) is 11.2. The van der Waals surface area contributed by atoms with Crippen molar-refractivity contribution in [3.8, 4) is 16.9 Å². The zero-order chi connectivity index (χ0) is 43.4. The van der Waals surface area contributed by atoms with E-state index in [4.69, 9.17) is 9.47 Å². The number of fused-ring (bicyclic) bond motifs is 3. The van der Waals surface area contributed by atoms with Crippen LogP contribution >= 0.6 is 0 Å². The number of carboxylic acids is 1. The van der Waals surface area contributed by atoms with E-state index in [1.54, 1.807) is 7.11 Å². The summed E-state index contributed by atoms with van der Waals surface area (Å²) in [5.74, 6) is -1.43. The van der Waals surface area contributed by atoms with Crippen molar-refractivity contribution in [2.24, 2.45) is 0 Å². The zero-order valence-corrected chi connectivity index (χ0v) is 34.3. The number of nitrogens with one attached hydrogen (secondary N) is 2. The van der Waals surface area contributed by atoms with E-state index in [1.807, 2.05) is 109 Å². The number of non-ortho nitro benzene ring substituents is 1. The highest BCUT2D eigenvalue weighted by atomic mass is 16.6. The van der Waals surface area contributed by atoms with Crippen molar-refractivity contribution in [1.29, 1.82) is 0 Å². The molecule has 12 heteroatoms. The van der Waals surface area contributed by atoms with E-state index in [9.17, 15) is 29.6 Å². The number of anilines is 1. The predicted octanol–water partition coefficient (Wildman–Crippen LogP) is 9.09. The Morgan fingerprint density at radius 2 is 1.27 bits per heavy atom. The predicted molar refractivity (Wildman–Crippen MR) is 237 cm³/mol. The van der Waals surface area contributed by atoms with Crippen LogP contribution in [0, 0.1) is 10.1 Å². The Morgan fingerprint density at radius 1 is 0.710 bits per heavy atom. The lowest BCUT2D eigenvalue weighted by atomic mass is 9.95. The summed E-state index contributed by atoms with van der Waals surface area (Å²) in [6, 6.07) is 47.0. The van der Waals surface area contributed by atoms with Crippen LogP contribution in [0.3, 0.4) is 0 Å². The molecule has 316 valence electrons. The summed E-state index contributed by atoms with van der Waals surface area (Å²) in [7, 11) is 1.62. The van der Waals surface area contributed by atoms with Gasteiger partial charge in [-0.1, -0.05) is 121 Å². The number of benzene rings is 6. The van der Waals surface area contributed by atoms with Gasteiger partial charge in [0.25, 0.3) is 5.69 Å². The number of carbonyl (C=O) groups excluding carboxylic acids is 2. The maximum atomic E-state index is 14.0. The number of alkyl carbamates (subject to hydrolysis) is 1. The fourth-order valence-corrected chi connectivity index (χ4v) is 8.15. The number of rotatable bonds is 19. The van der Waals surface area contributed by atoms with Gasteiger partial charge in [0.2, 0.25) is 5.91 Å². The van der Waals surface area contributed by atoms with Crippen LogP contribution in [0.4, 0.5) is 16.2 Å². The van der Waals surface area contributed by atoms with E-state index in [-0.39, 0.29) is 37.1 Å². The van der Waals surface area contributed by atoms with E-state index < -0.39 is 35.0 Å². The van der Waals surface area contributed by atoms with Gasteiger partial charge in [0.05, 0.1) is 18.1 Å². The molecule has 62 heavy (non-hydrogen) atoms. The minimum absolute atomic E-state index is 0.00638. The largest absolute Gasteiger partial charge is 0.497 e. The van der Waals surface area contributed by atoms with Crippen LogP contribution in [-0.2, 0) is 20.7 Å².